The molecular weight excluding hydrogens is 591 g/mol. The van der Waals surface area contributed by atoms with Gasteiger partial charge in [-0.15, -0.1) is 6.42 Å². The van der Waals surface area contributed by atoms with Crippen LogP contribution in [0.15, 0.2) is 30.3 Å². The van der Waals surface area contributed by atoms with E-state index in [4.69, 9.17) is 16.1 Å². The highest BCUT2D eigenvalue weighted by Gasteiger charge is 2.45. The minimum atomic E-state index is -0.968. The number of rotatable bonds is 5. The van der Waals surface area contributed by atoms with Gasteiger partial charge >= 0.3 is 6.01 Å². The van der Waals surface area contributed by atoms with Gasteiger partial charge in [0, 0.05) is 53.5 Å². The molecule has 4 heterocycles. The number of hydrogen-bond donors (Lipinski definition) is 2. The zero-order valence-corrected chi connectivity index (χ0v) is 26.6. The summed E-state index contributed by atoms with van der Waals surface area (Å²) in [6.45, 7) is 10.0. The number of terminal acetylenes is 1. The van der Waals surface area contributed by atoms with E-state index in [2.05, 4.69) is 53.8 Å². The summed E-state index contributed by atoms with van der Waals surface area (Å²) in [5.41, 5.74) is -1.07. The molecule has 7 nitrogen and oxygen atoms in total. The van der Waals surface area contributed by atoms with E-state index in [1.165, 1.54) is 30.3 Å². The zero-order valence-electron chi connectivity index (χ0n) is 26.6. The number of aromatic hydroxyl groups is 1. The molecular formula is C36H38F3N5O2. The summed E-state index contributed by atoms with van der Waals surface area (Å²) in [7, 11) is 2.09. The van der Waals surface area contributed by atoms with Crippen molar-refractivity contribution in [3.05, 3.63) is 53.3 Å². The average Bonchev–Trinajstić information content (AvgIpc) is 3.35. The molecule has 4 aromatic rings. The van der Waals surface area contributed by atoms with Gasteiger partial charge in [-0.05, 0) is 67.9 Å². The van der Waals surface area contributed by atoms with Crippen LogP contribution in [0, 0.1) is 40.6 Å². The molecule has 3 atom stereocenters. The summed E-state index contributed by atoms with van der Waals surface area (Å²) in [5, 5.41) is 14.8. The second-order valence-electron chi connectivity index (χ2n) is 14.2. The number of benzene rings is 3. The predicted molar refractivity (Wildman–Crippen MR) is 174 cm³/mol. The molecule has 3 aliphatic heterocycles. The summed E-state index contributed by atoms with van der Waals surface area (Å²) < 4.78 is 54.3. The quantitative estimate of drug-likeness (QED) is 0.253. The Hall–Kier alpha value is -4.07. The maximum absolute atomic E-state index is 16.9. The maximum atomic E-state index is 16.9. The van der Waals surface area contributed by atoms with Gasteiger partial charge in [0.15, 0.2) is 5.82 Å². The van der Waals surface area contributed by atoms with Crippen molar-refractivity contribution in [1.29, 1.82) is 0 Å². The molecule has 1 aromatic heterocycles. The van der Waals surface area contributed by atoms with Crippen molar-refractivity contribution < 1.29 is 23.0 Å². The Morgan fingerprint density at radius 3 is 2.52 bits per heavy atom. The Morgan fingerprint density at radius 1 is 1.07 bits per heavy atom. The molecule has 3 saturated heterocycles. The third-order valence-electron chi connectivity index (χ3n) is 10.7. The molecule has 0 saturated carbocycles. The van der Waals surface area contributed by atoms with E-state index >= 15 is 8.78 Å². The lowest BCUT2D eigenvalue weighted by atomic mass is 9.63. The van der Waals surface area contributed by atoms with E-state index < -0.39 is 23.0 Å². The SMILES string of the molecule is C#Cc1c(F)ccc2cc(O)cc(-c3c(F)cc4c(N5C[C@H]6CC[C@@H](C5)N6)nc(OC[C@]5(C)CN(C)CCC5(C)C)nc4c3F)c12. The van der Waals surface area contributed by atoms with Crippen LogP contribution in [0.5, 0.6) is 11.8 Å². The number of phenolic OH excluding ortho intramolecular Hbond substituents is 1. The maximum Gasteiger partial charge on any atom is 0.319 e. The van der Waals surface area contributed by atoms with Crippen molar-refractivity contribution in [1.82, 2.24) is 20.2 Å². The number of piperidine rings is 1. The van der Waals surface area contributed by atoms with Gasteiger partial charge in [0.05, 0.1) is 17.7 Å². The molecule has 2 bridgehead atoms. The molecule has 0 aliphatic carbocycles. The van der Waals surface area contributed by atoms with Gasteiger partial charge in [-0.2, -0.15) is 9.97 Å². The Kier molecular flexibility index (Phi) is 7.33. The number of aromatic nitrogens is 2. The van der Waals surface area contributed by atoms with E-state index in [9.17, 15) is 9.50 Å². The molecule has 0 amide bonds. The monoisotopic (exact) mass is 629 g/mol. The highest BCUT2D eigenvalue weighted by molar-refractivity contribution is 6.04. The van der Waals surface area contributed by atoms with Crippen molar-refractivity contribution in [2.45, 2.75) is 52.1 Å². The Balaban J connectivity index is 1.41. The lowest BCUT2D eigenvalue weighted by molar-refractivity contribution is -0.0418. The first-order valence-corrected chi connectivity index (χ1v) is 15.8. The number of nitrogens with one attached hydrogen (secondary N) is 1. The van der Waals surface area contributed by atoms with Crippen molar-refractivity contribution in [3.63, 3.8) is 0 Å². The summed E-state index contributed by atoms with van der Waals surface area (Å²) >= 11 is 0. The van der Waals surface area contributed by atoms with Crippen molar-refractivity contribution in [2.24, 2.45) is 10.8 Å². The van der Waals surface area contributed by atoms with Crippen LogP contribution in [-0.2, 0) is 0 Å². The molecule has 240 valence electrons. The van der Waals surface area contributed by atoms with Crippen LogP contribution in [0.25, 0.3) is 32.8 Å². The van der Waals surface area contributed by atoms with Gasteiger partial charge in [-0.3, -0.25) is 0 Å². The first-order valence-electron chi connectivity index (χ1n) is 15.8. The fraction of sp³-hybridized carbons (Fsp3) is 0.444. The minimum absolute atomic E-state index is 0.00575. The second kappa shape index (κ2) is 11.0. The number of nitrogens with zero attached hydrogens (tertiary/aromatic N) is 4. The van der Waals surface area contributed by atoms with Crippen molar-refractivity contribution >= 4 is 27.5 Å². The smallest absolute Gasteiger partial charge is 0.319 e. The first kappa shape index (κ1) is 30.6. The molecule has 3 aliphatic rings. The minimum Gasteiger partial charge on any atom is -0.508 e. The van der Waals surface area contributed by atoms with Crippen LogP contribution in [0.4, 0.5) is 19.0 Å². The number of likely N-dealkylation sites (tertiary alicyclic amines) is 1. The first-order chi connectivity index (χ1) is 21.9. The van der Waals surface area contributed by atoms with Gasteiger partial charge in [-0.25, -0.2) is 13.2 Å². The normalized spacial score (nSPS) is 24.4. The van der Waals surface area contributed by atoms with Crippen LogP contribution in [-0.4, -0.2) is 71.9 Å². The van der Waals surface area contributed by atoms with Crippen LogP contribution >= 0.6 is 0 Å². The zero-order chi connectivity index (χ0) is 32.5. The summed E-state index contributed by atoms with van der Waals surface area (Å²) in [4.78, 5) is 13.7. The number of piperazine rings is 1. The molecule has 10 heteroatoms. The van der Waals surface area contributed by atoms with E-state index in [1.54, 1.807) is 0 Å². The standard InChI is InChI=1S/C36H38F3N5O2/c1-6-24-27(37)10-7-20-13-23(45)14-25(29(20)24)30-28(38)15-26-32(31(30)39)41-34(42-33(26)44-16-21-8-9-22(17-44)40-21)46-19-36(4)18-43(5)12-11-35(36,2)3/h1,7,10,13-15,21-22,40,45H,8-9,11-12,16-19H2,2-5H3/t21-,22+,36-/m0/s1. The number of hydrogen-bond acceptors (Lipinski definition) is 7. The Morgan fingerprint density at radius 2 is 1.80 bits per heavy atom. The largest absolute Gasteiger partial charge is 0.508 e. The van der Waals surface area contributed by atoms with Gasteiger partial charge in [0.1, 0.15) is 28.7 Å². The molecule has 0 spiro atoms. The number of anilines is 1. The Labute approximate surface area is 266 Å². The molecule has 3 fully saturated rings. The number of ether oxygens (including phenoxy) is 1. The van der Waals surface area contributed by atoms with Gasteiger partial charge < -0.3 is 25.0 Å². The number of halogens is 3. The highest BCUT2D eigenvalue weighted by Crippen LogP contribution is 2.46. The van der Waals surface area contributed by atoms with Gasteiger partial charge in [-0.1, -0.05) is 32.8 Å². The average molecular weight is 630 g/mol. The van der Waals surface area contributed by atoms with Crippen molar-refractivity contribution in [2.75, 3.05) is 44.7 Å². The van der Waals surface area contributed by atoms with Crippen LogP contribution in [0.2, 0.25) is 0 Å². The predicted octanol–water partition coefficient (Wildman–Crippen LogP) is 6.24. The van der Waals surface area contributed by atoms with Crippen LogP contribution < -0.4 is 15.0 Å². The lowest BCUT2D eigenvalue weighted by Gasteiger charge is -2.50. The highest BCUT2D eigenvalue weighted by atomic mass is 19.1. The second-order valence-corrected chi connectivity index (χ2v) is 14.2. The van der Waals surface area contributed by atoms with E-state index in [1.807, 2.05) is 0 Å². The number of fused-ring (bicyclic) bond motifs is 4. The molecule has 0 unspecified atom stereocenters. The summed E-state index contributed by atoms with van der Waals surface area (Å²) in [6.07, 6.45) is 8.68. The van der Waals surface area contributed by atoms with E-state index in [-0.39, 0.29) is 62.1 Å². The molecule has 46 heavy (non-hydrogen) atoms. The third kappa shape index (κ3) is 5.01. The van der Waals surface area contributed by atoms with Gasteiger partial charge in [0.25, 0.3) is 0 Å². The third-order valence-corrected chi connectivity index (χ3v) is 10.7. The van der Waals surface area contributed by atoms with E-state index in [0.717, 1.165) is 32.4 Å². The molecule has 7 rings (SSSR count). The van der Waals surface area contributed by atoms with Crippen molar-refractivity contribution in [3.8, 4) is 35.2 Å². The van der Waals surface area contributed by atoms with E-state index in [0.29, 0.717) is 30.9 Å². The molecule has 3 aromatic carbocycles. The fourth-order valence-corrected chi connectivity index (χ4v) is 7.57. The molecule has 2 N–H and O–H groups in total. The lowest BCUT2D eigenvalue weighted by Crippen LogP contribution is -2.53. The summed E-state index contributed by atoms with van der Waals surface area (Å²) in [6, 6.07) is 6.89. The molecule has 0 radical (unpaired) electrons. The van der Waals surface area contributed by atoms with Crippen LogP contribution in [0.1, 0.15) is 45.6 Å². The topological polar surface area (TPSA) is 73.8 Å². The van der Waals surface area contributed by atoms with Crippen LogP contribution in [0.3, 0.4) is 0 Å². The Bertz CT molecular complexity index is 1910. The summed E-state index contributed by atoms with van der Waals surface area (Å²) in [5.74, 6) is -0.0958. The number of phenols is 1. The fourth-order valence-electron chi connectivity index (χ4n) is 7.57. The van der Waals surface area contributed by atoms with Gasteiger partial charge in [0.2, 0.25) is 0 Å².